The fourth-order valence-electron chi connectivity index (χ4n) is 4.64. The molecule has 1 aliphatic heterocycles. The second-order valence-corrected chi connectivity index (χ2v) is 7.11. The van der Waals surface area contributed by atoms with Crippen molar-refractivity contribution in [2.45, 2.75) is 51.0 Å². The van der Waals surface area contributed by atoms with Gasteiger partial charge in [-0.1, -0.05) is 6.42 Å². The van der Waals surface area contributed by atoms with Gasteiger partial charge in [-0.25, -0.2) is 0 Å². The third kappa shape index (κ3) is 3.59. The maximum absolute atomic E-state index is 12.2. The van der Waals surface area contributed by atoms with Gasteiger partial charge in [0, 0.05) is 52.4 Å². The smallest absolute Gasteiger partial charge is 0.222 e. The van der Waals surface area contributed by atoms with Crippen molar-refractivity contribution in [2.75, 3.05) is 39.9 Å². The van der Waals surface area contributed by atoms with Crippen LogP contribution < -0.4 is 0 Å². The van der Waals surface area contributed by atoms with Crippen LogP contribution in [0.25, 0.3) is 0 Å². The molecule has 0 N–H and O–H groups in total. The van der Waals surface area contributed by atoms with Crippen molar-refractivity contribution in [3.63, 3.8) is 0 Å². The molecule has 4 heteroatoms. The van der Waals surface area contributed by atoms with Crippen LogP contribution in [0.3, 0.4) is 0 Å². The van der Waals surface area contributed by atoms with Gasteiger partial charge in [0.15, 0.2) is 0 Å². The van der Waals surface area contributed by atoms with E-state index in [1.807, 2.05) is 0 Å². The van der Waals surface area contributed by atoms with Gasteiger partial charge in [0.25, 0.3) is 0 Å². The molecule has 21 heavy (non-hydrogen) atoms. The molecule has 3 fully saturated rings. The minimum atomic E-state index is 0.346. The summed E-state index contributed by atoms with van der Waals surface area (Å²) in [5, 5.41) is 0. The molecule has 3 atom stereocenters. The van der Waals surface area contributed by atoms with Crippen LogP contribution in [0.4, 0.5) is 0 Å². The van der Waals surface area contributed by atoms with E-state index in [2.05, 4.69) is 9.80 Å². The van der Waals surface area contributed by atoms with Crippen LogP contribution in [-0.2, 0) is 9.53 Å². The highest BCUT2D eigenvalue weighted by Crippen LogP contribution is 2.46. The van der Waals surface area contributed by atoms with Gasteiger partial charge in [-0.3, -0.25) is 9.69 Å². The van der Waals surface area contributed by atoms with Gasteiger partial charge < -0.3 is 9.64 Å². The molecule has 0 aromatic carbocycles. The Kier molecular flexibility index (Phi) is 5.17. The monoisotopic (exact) mass is 294 g/mol. The molecule has 3 aliphatic rings. The van der Waals surface area contributed by atoms with Gasteiger partial charge in [0.2, 0.25) is 5.91 Å². The summed E-state index contributed by atoms with van der Waals surface area (Å²) in [6.07, 6.45) is 8.47. The molecule has 2 aliphatic carbocycles. The van der Waals surface area contributed by atoms with Crippen molar-refractivity contribution in [3.8, 4) is 0 Å². The van der Waals surface area contributed by atoms with Crippen LogP contribution in [-0.4, -0.2) is 61.6 Å². The first-order valence-electron chi connectivity index (χ1n) is 8.78. The number of piperazine rings is 1. The van der Waals surface area contributed by atoms with E-state index in [1.165, 1.54) is 25.7 Å². The number of hydrogen-bond acceptors (Lipinski definition) is 3. The molecule has 0 unspecified atom stereocenters. The minimum absolute atomic E-state index is 0.346. The quantitative estimate of drug-likeness (QED) is 0.704. The average molecular weight is 294 g/mol. The lowest BCUT2D eigenvalue weighted by Crippen LogP contribution is -2.53. The average Bonchev–Trinajstić information content (AvgIpc) is 3.14. The summed E-state index contributed by atoms with van der Waals surface area (Å²) in [5.74, 6) is 2.32. The standard InChI is InChI=1S/C17H30N2O2/c1-21-11-3-2-4-17(20)19-9-7-18(8-10-19)16-13-14-5-6-15(16)12-14/h14-16H,2-13H2,1H3/t14-,15-,16+/m0/s1. The van der Waals surface area contributed by atoms with E-state index in [0.29, 0.717) is 12.3 Å². The second-order valence-electron chi connectivity index (χ2n) is 7.11. The Labute approximate surface area is 128 Å². The minimum Gasteiger partial charge on any atom is -0.385 e. The Bertz CT molecular complexity index is 353. The lowest BCUT2D eigenvalue weighted by molar-refractivity contribution is -0.133. The van der Waals surface area contributed by atoms with E-state index in [1.54, 1.807) is 7.11 Å². The van der Waals surface area contributed by atoms with Crippen molar-refractivity contribution < 1.29 is 9.53 Å². The topological polar surface area (TPSA) is 32.8 Å². The summed E-state index contributed by atoms with van der Waals surface area (Å²) in [7, 11) is 1.72. The molecule has 4 nitrogen and oxygen atoms in total. The molecule has 0 aromatic heterocycles. The highest BCUT2D eigenvalue weighted by molar-refractivity contribution is 5.76. The number of amides is 1. The van der Waals surface area contributed by atoms with E-state index in [-0.39, 0.29) is 0 Å². The fourth-order valence-corrected chi connectivity index (χ4v) is 4.64. The highest BCUT2D eigenvalue weighted by atomic mass is 16.5. The zero-order chi connectivity index (χ0) is 14.7. The van der Waals surface area contributed by atoms with Crippen LogP contribution in [0, 0.1) is 11.8 Å². The molecular formula is C17H30N2O2. The van der Waals surface area contributed by atoms with Gasteiger partial charge in [-0.15, -0.1) is 0 Å². The molecule has 0 radical (unpaired) electrons. The molecule has 2 bridgehead atoms. The van der Waals surface area contributed by atoms with E-state index >= 15 is 0 Å². The molecular weight excluding hydrogens is 264 g/mol. The van der Waals surface area contributed by atoms with Crippen LogP contribution in [0.5, 0.6) is 0 Å². The SMILES string of the molecule is COCCCCC(=O)N1CCN([C@@H]2C[C@H]3CC[C@H]2C3)CC1. The number of carbonyl (C=O) groups excluding carboxylic acids is 1. The number of rotatable bonds is 6. The van der Waals surface area contributed by atoms with Crippen LogP contribution >= 0.6 is 0 Å². The van der Waals surface area contributed by atoms with Crippen LogP contribution in [0.2, 0.25) is 0 Å². The van der Waals surface area contributed by atoms with E-state index < -0.39 is 0 Å². The Balaban J connectivity index is 1.38. The van der Waals surface area contributed by atoms with Gasteiger partial charge >= 0.3 is 0 Å². The summed E-state index contributed by atoms with van der Waals surface area (Å²) < 4.78 is 5.03. The fraction of sp³-hybridized carbons (Fsp3) is 0.941. The number of unbranched alkanes of at least 4 members (excludes halogenated alkanes) is 1. The predicted molar refractivity (Wildman–Crippen MR) is 83.1 cm³/mol. The number of nitrogens with zero attached hydrogens (tertiary/aromatic N) is 2. The number of methoxy groups -OCH3 is 1. The summed E-state index contributed by atoms with van der Waals surface area (Å²) in [6, 6.07) is 0.836. The van der Waals surface area contributed by atoms with Crippen molar-refractivity contribution in [3.05, 3.63) is 0 Å². The van der Waals surface area contributed by atoms with Gasteiger partial charge in [0.05, 0.1) is 0 Å². The Morgan fingerprint density at radius 2 is 1.90 bits per heavy atom. The normalized spacial score (nSPS) is 32.8. The molecule has 3 rings (SSSR count). The van der Waals surface area contributed by atoms with Crippen molar-refractivity contribution >= 4 is 5.91 Å². The summed E-state index contributed by atoms with van der Waals surface area (Å²) in [6.45, 7) is 4.84. The Morgan fingerprint density at radius 3 is 2.52 bits per heavy atom. The Hall–Kier alpha value is -0.610. The van der Waals surface area contributed by atoms with Gasteiger partial charge in [-0.05, 0) is 43.9 Å². The maximum atomic E-state index is 12.2. The third-order valence-electron chi connectivity index (χ3n) is 5.83. The predicted octanol–water partition coefficient (Wildman–Crippen LogP) is 2.14. The van der Waals surface area contributed by atoms with Crippen LogP contribution in [0.15, 0.2) is 0 Å². The molecule has 1 saturated heterocycles. The van der Waals surface area contributed by atoms with Gasteiger partial charge in [0.1, 0.15) is 0 Å². The Morgan fingerprint density at radius 1 is 1.10 bits per heavy atom. The molecule has 0 aromatic rings. The van der Waals surface area contributed by atoms with E-state index in [4.69, 9.17) is 4.74 Å². The van der Waals surface area contributed by atoms with Crippen molar-refractivity contribution in [1.82, 2.24) is 9.80 Å². The zero-order valence-corrected chi connectivity index (χ0v) is 13.4. The van der Waals surface area contributed by atoms with Gasteiger partial charge in [-0.2, -0.15) is 0 Å². The molecule has 2 saturated carbocycles. The first-order valence-corrected chi connectivity index (χ1v) is 8.78. The second kappa shape index (κ2) is 7.10. The zero-order valence-electron chi connectivity index (χ0n) is 13.4. The molecule has 1 amide bonds. The first-order chi connectivity index (χ1) is 10.3. The van der Waals surface area contributed by atoms with Crippen molar-refractivity contribution in [1.29, 1.82) is 0 Å². The summed E-state index contributed by atoms with van der Waals surface area (Å²) in [4.78, 5) is 16.9. The number of hydrogen-bond donors (Lipinski definition) is 0. The van der Waals surface area contributed by atoms with Crippen LogP contribution in [0.1, 0.15) is 44.9 Å². The first kappa shape index (κ1) is 15.3. The third-order valence-corrected chi connectivity index (χ3v) is 5.83. The molecule has 0 spiro atoms. The molecule has 1 heterocycles. The lowest BCUT2D eigenvalue weighted by atomic mass is 9.93. The number of fused-ring (bicyclic) bond motifs is 2. The molecule has 120 valence electrons. The van der Waals surface area contributed by atoms with Crippen molar-refractivity contribution in [2.24, 2.45) is 11.8 Å². The largest absolute Gasteiger partial charge is 0.385 e. The van der Waals surface area contributed by atoms with E-state index in [0.717, 1.165) is 63.5 Å². The lowest BCUT2D eigenvalue weighted by Gasteiger charge is -2.41. The summed E-state index contributed by atoms with van der Waals surface area (Å²) in [5.41, 5.74) is 0. The van der Waals surface area contributed by atoms with E-state index in [9.17, 15) is 4.79 Å². The highest BCUT2D eigenvalue weighted by Gasteiger charge is 2.42. The maximum Gasteiger partial charge on any atom is 0.222 e. The number of carbonyl (C=O) groups is 1. The number of ether oxygens (including phenoxy) is 1. The summed E-state index contributed by atoms with van der Waals surface area (Å²) >= 11 is 0.